The zero-order chi connectivity index (χ0) is 18.6. The Kier molecular flexibility index (Phi) is 5.02. The first kappa shape index (κ1) is 17.5. The number of tetrazole rings is 1. The number of hydrogen-bond acceptors (Lipinski definition) is 6. The van der Waals surface area contributed by atoms with E-state index in [1.165, 1.54) is 5.56 Å². The number of nitrogens with zero attached hydrogens (tertiary/aromatic N) is 5. The minimum atomic E-state index is 0.270. The molecule has 0 saturated carbocycles. The van der Waals surface area contributed by atoms with Gasteiger partial charge < -0.3 is 9.47 Å². The summed E-state index contributed by atoms with van der Waals surface area (Å²) in [5, 5.41) is 12.3. The molecule has 0 bridgehead atoms. The van der Waals surface area contributed by atoms with Crippen LogP contribution in [0.4, 0.5) is 0 Å². The zero-order valence-electron chi connectivity index (χ0n) is 15.6. The van der Waals surface area contributed by atoms with E-state index >= 15 is 0 Å². The molecule has 0 spiro atoms. The highest BCUT2D eigenvalue weighted by Gasteiger charge is 2.30. The molecule has 2 aromatic carbocycles. The molecule has 1 aliphatic rings. The minimum Gasteiger partial charge on any atom is -0.497 e. The van der Waals surface area contributed by atoms with Crippen LogP contribution in [0, 0.1) is 0 Å². The second-order valence-electron chi connectivity index (χ2n) is 6.58. The summed E-state index contributed by atoms with van der Waals surface area (Å²) in [4.78, 5) is 2.41. The maximum Gasteiger partial charge on any atom is 0.170 e. The molecule has 1 aromatic heterocycles. The van der Waals surface area contributed by atoms with E-state index in [1.54, 1.807) is 18.9 Å². The first-order valence-corrected chi connectivity index (χ1v) is 9.09. The van der Waals surface area contributed by atoms with Crippen LogP contribution in [0.1, 0.15) is 30.3 Å². The monoisotopic (exact) mass is 365 g/mol. The summed E-state index contributed by atoms with van der Waals surface area (Å²) in [7, 11) is 3.37. The van der Waals surface area contributed by atoms with Gasteiger partial charge in [0.25, 0.3) is 0 Å². The number of rotatable bonds is 6. The molecular weight excluding hydrogens is 342 g/mol. The molecule has 4 rings (SSSR count). The van der Waals surface area contributed by atoms with Gasteiger partial charge in [-0.25, -0.2) is 0 Å². The Balaban J connectivity index is 1.60. The Morgan fingerprint density at radius 3 is 2.70 bits per heavy atom. The smallest absolute Gasteiger partial charge is 0.170 e. The molecule has 3 aromatic rings. The summed E-state index contributed by atoms with van der Waals surface area (Å²) in [6.07, 6.45) is 2.21. The molecule has 140 valence electrons. The van der Waals surface area contributed by atoms with E-state index in [0.29, 0.717) is 6.54 Å². The first-order chi connectivity index (χ1) is 13.3. The SMILES string of the molecule is COc1ccc([C@@H]2CCCN2Cc2nnnn2-c2ccccc2)c(OC)c1. The summed E-state index contributed by atoms with van der Waals surface area (Å²) in [6.45, 7) is 1.68. The topological polar surface area (TPSA) is 65.3 Å². The van der Waals surface area contributed by atoms with Gasteiger partial charge in [0, 0.05) is 17.7 Å². The normalized spacial score (nSPS) is 17.2. The average molecular weight is 365 g/mol. The van der Waals surface area contributed by atoms with Crippen LogP contribution in [0.5, 0.6) is 11.5 Å². The number of ether oxygens (including phenoxy) is 2. The number of hydrogen-bond donors (Lipinski definition) is 0. The van der Waals surface area contributed by atoms with Gasteiger partial charge in [0.1, 0.15) is 11.5 Å². The second-order valence-corrected chi connectivity index (χ2v) is 6.58. The lowest BCUT2D eigenvalue weighted by Gasteiger charge is -2.25. The first-order valence-electron chi connectivity index (χ1n) is 9.09. The Morgan fingerprint density at radius 1 is 1.07 bits per heavy atom. The van der Waals surface area contributed by atoms with Crippen LogP contribution in [0.15, 0.2) is 48.5 Å². The third-order valence-corrected chi connectivity index (χ3v) is 5.04. The van der Waals surface area contributed by atoms with E-state index in [2.05, 4.69) is 26.5 Å². The van der Waals surface area contributed by atoms with Crippen molar-refractivity contribution in [3.05, 3.63) is 59.9 Å². The number of methoxy groups -OCH3 is 2. The summed E-state index contributed by atoms with van der Waals surface area (Å²) in [5.74, 6) is 2.49. The Morgan fingerprint density at radius 2 is 1.93 bits per heavy atom. The van der Waals surface area contributed by atoms with Gasteiger partial charge in [-0.05, 0) is 48.0 Å². The van der Waals surface area contributed by atoms with E-state index in [4.69, 9.17) is 9.47 Å². The van der Waals surface area contributed by atoms with E-state index < -0.39 is 0 Å². The van der Waals surface area contributed by atoms with Crippen molar-refractivity contribution in [3.8, 4) is 17.2 Å². The molecule has 1 saturated heterocycles. The highest BCUT2D eigenvalue weighted by molar-refractivity contribution is 5.43. The van der Waals surface area contributed by atoms with Gasteiger partial charge >= 0.3 is 0 Å². The average Bonchev–Trinajstić information content (AvgIpc) is 3.38. The van der Waals surface area contributed by atoms with Crippen molar-refractivity contribution < 1.29 is 9.47 Å². The fraction of sp³-hybridized carbons (Fsp3) is 0.350. The van der Waals surface area contributed by atoms with E-state index in [-0.39, 0.29) is 6.04 Å². The molecule has 1 aliphatic heterocycles. The number of aromatic nitrogens is 4. The predicted octanol–water partition coefficient (Wildman–Crippen LogP) is 3.02. The third kappa shape index (κ3) is 3.50. The molecule has 0 N–H and O–H groups in total. The van der Waals surface area contributed by atoms with Gasteiger partial charge in [-0.15, -0.1) is 5.10 Å². The molecule has 27 heavy (non-hydrogen) atoms. The second kappa shape index (κ2) is 7.75. The molecule has 0 radical (unpaired) electrons. The molecule has 1 fully saturated rings. The van der Waals surface area contributed by atoms with Crippen LogP contribution in [-0.4, -0.2) is 45.9 Å². The third-order valence-electron chi connectivity index (χ3n) is 5.04. The van der Waals surface area contributed by atoms with Crippen molar-refractivity contribution in [2.75, 3.05) is 20.8 Å². The zero-order valence-corrected chi connectivity index (χ0v) is 15.6. The van der Waals surface area contributed by atoms with Gasteiger partial charge in [-0.1, -0.05) is 24.3 Å². The van der Waals surface area contributed by atoms with Crippen molar-refractivity contribution in [1.29, 1.82) is 0 Å². The Bertz CT molecular complexity index is 896. The van der Waals surface area contributed by atoms with Crippen molar-refractivity contribution in [2.24, 2.45) is 0 Å². The number of likely N-dealkylation sites (tertiary alicyclic amines) is 1. The number of benzene rings is 2. The molecule has 1 atom stereocenters. The van der Waals surface area contributed by atoms with E-state index in [1.807, 2.05) is 42.5 Å². The lowest BCUT2D eigenvalue weighted by Crippen LogP contribution is -2.25. The van der Waals surface area contributed by atoms with Crippen LogP contribution in [0.25, 0.3) is 5.69 Å². The van der Waals surface area contributed by atoms with Crippen molar-refractivity contribution >= 4 is 0 Å². The minimum absolute atomic E-state index is 0.270. The van der Waals surface area contributed by atoms with Gasteiger partial charge in [0.2, 0.25) is 0 Å². The Hall–Kier alpha value is -2.93. The predicted molar refractivity (Wildman–Crippen MR) is 101 cm³/mol. The largest absolute Gasteiger partial charge is 0.497 e. The lowest BCUT2D eigenvalue weighted by atomic mass is 10.0. The van der Waals surface area contributed by atoms with Crippen LogP contribution < -0.4 is 9.47 Å². The molecule has 7 nitrogen and oxygen atoms in total. The highest BCUT2D eigenvalue weighted by Crippen LogP contribution is 2.39. The maximum atomic E-state index is 5.62. The van der Waals surface area contributed by atoms with Gasteiger partial charge in [-0.3, -0.25) is 4.90 Å². The molecule has 0 aliphatic carbocycles. The molecule has 0 amide bonds. The number of para-hydroxylation sites is 1. The van der Waals surface area contributed by atoms with Crippen LogP contribution in [0.2, 0.25) is 0 Å². The van der Waals surface area contributed by atoms with Gasteiger partial charge in [0.05, 0.1) is 26.5 Å². The molecule has 2 heterocycles. The molecule has 7 heteroatoms. The quantitative estimate of drug-likeness (QED) is 0.669. The van der Waals surface area contributed by atoms with Crippen LogP contribution in [-0.2, 0) is 6.54 Å². The summed E-state index contributed by atoms with van der Waals surface area (Å²) in [6, 6.07) is 16.3. The summed E-state index contributed by atoms with van der Waals surface area (Å²) < 4.78 is 12.8. The lowest BCUT2D eigenvalue weighted by molar-refractivity contribution is 0.235. The van der Waals surface area contributed by atoms with E-state index in [9.17, 15) is 0 Å². The Labute approximate surface area is 158 Å². The summed E-state index contributed by atoms with van der Waals surface area (Å²) >= 11 is 0. The standard InChI is InChI=1S/C20H23N5O2/c1-26-16-10-11-17(19(13-16)27-2)18-9-6-12-24(18)14-20-21-22-23-25(20)15-7-4-3-5-8-15/h3-5,7-8,10-11,13,18H,6,9,12,14H2,1-2H3/t18-/m0/s1. The van der Waals surface area contributed by atoms with Crippen molar-refractivity contribution in [2.45, 2.75) is 25.4 Å². The van der Waals surface area contributed by atoms with Gasteiger partial charge in [0.15, 0.2) is 5.82 Å². The fourth-order valence-electron chi connectivity index (χ4n) is 3.72. The van der Waals surface area contributed by atoms with Crippen LogP contribution in [0.3, 0.4) is 0 Å². The fourth-order valence-corrected chi connectivity index (χ4v) is 3.72. The van der Waals surface area contributed by atoms with Gasteiger partial charge in [-0.2, -0.15) is 4.68 Å². The summed E-state index contributed by atoms with van der Waals surface area (Å²) in [5.41, 5.74) is 2.14. The molecular formula is C20H23N5O2. The van der Waals surface area contributed by atoms with Crippen LogP contribution >= 0.6 is 0 Å². The maximum absolute atomic E-state index is 5.62. The highest BCUT2D eigenvalue weighted by atomic mass is 16.5. The molecule has 0 unspecified atom stereocenters. The van der Waals surface area contributed by atoms with Crippen molar-refractivity contribution in [3.63, 3.8) is 0 Å². The van der Waals surface area contributed by atoms with Crippen molar-refractivity contribution in [1.82, 2.24) is 25.1 Å². The van der Waals surface area contributed by atoms with E-state index in [0.717, 1.165) is 42.4 Å².